The van der Waals surface area contributed by atoms with Crippen LogP contribution in [0.4, 0.5) is 11.5 Å². The lowest BCUT2D eigenvalue weighted by Gasteiger charge is -2.18. The van der Waals surface area contributed by atoms with Crippen LogP contribution in [-0.2, 0) is 0 Å². The molecule has 17 heavy (non-hydrogen) atoms. The van der Waals surface area contributed by atoms with Gasteiger partial charge >= 0.3 is 0 Å². The Morgan fingerprint density at radius 1 is 1.41 bits per heavy atom. The zero-order valence-corrected chi connectivity index (χ0v) is 10.6. The number of anilines is 2. The zero-order valence-electron chi connectivity index (χ0n) is 10.6. The van der Waals surface area contributed by atoms with Crippen molar-refractivity contribution in [2.24, 2.45) is 11.1 Å². The number of pyridine rings is 1. The van der Waals surface area contributed by atoms with E-state index >= 15 is 0 Å². The van der Waals surface area contributed by atoms with Gasteiger partial charge in [-0.15, -0.1) is 0 Å². The number of nitrogens with two attached hydrogens (primary N) is 2. The molecule has 1 amide bonds. The Hall–Kier alpha value is -1.78. The number of primary amides is 1. The van der Waals surface area contributed by atoms with Crippen LogP contribution in [0, 0.1) is 5.41 Å². The number of carbonyl (C=O) groups is 1. The van der Waals surface area contributed by atoms with Crippen molar-refractivity contribution in [3.63, 3.8) is 0 Å². The molecule has 0 bridgehead atoms. The maximum absolute atomic E-state index is 11.0. The molecule has 0 fully saturated rings. The molecule has 0 spiro atoms. The van der Waals surface area contributed by atoms with E-state index in [-0.39, 0.29) is 11.1 Å². The largest absolute Gasteiger partial charge is 0.396 e. The van der Waals surface area contributed by atoms with Gasteiger partial charge in [0.25, 0.3) is 5.91 Å². The Kier molecular flexibility index (Phi) is 3.93. The van der Waals surface area contributed by atoms with Crippen molar-refractivity contribution in [3.8, 4) is 0 Å². The van der Waals surface area contributed by atoms with E-state index in [0.717, 1.165) is 13.0 Å². The fourth-order valence-electron chi connectivity index (χ4n) is 1.30. The van der Waals surface area contributed by atoms with Crippen molar-refractivity contribution < 1.29 is 4.79 Å². The standard InChI is InChI=1S/C12H20N4O/c1-12(2,3)6-7-15-11-8(13)4-5-9(16-11)10(14)17/h4-5H,6-7,13H2,1-3H3,(H2,14,17)(H,15,16). The van der Waals surface area contributed by atoms with Gasteiger partial charge in [-0.1, -0.05) is 20.8 Å². The summed E-state index contributed by atoms with van der Waals surface area (Å²) in [5.41, 5.74) is 11.9. The monoisotopic (exact) mass is 236 g/mol. The summed E-state index contributed by atoms with van der Waals surface area (Å²) in [7, 11) is 0. The molecule has 0 atom stereocenters. The van der Waals surface area contributed by atoms with E-state index in [9.17, 15) is 4.79 Å². The second-order valence-corrected chi connectivity index (χ2v) is 5.24. The van der Waals surface area contributed by atoms with Gasteiger partial charge in [-0.05, 0) is 24.0 Å². The molecule has 0 aliphatic rings. The Morgan fingerprint density at radius 3 is 2.59 bits per heavy atom. The van der Waals surface area contributed by atoms with Gasteiger partial charge in [-0.3, -0.25) is 4.79 Å². The molecular weight excluding hydrogens is 216 g/mol. The second kappa shape index (κ2) is 5.03. The number of nitrogen functional groups attached to an aromatic ring is 1. The molecule has 0 aliphatic carbocycles. The minimum Gasteiger partial charge on any atom is -0.396 e. The summed E-state index contributed by atoms with van der Waals surface area (Å²) in [4.78, 5) is 15.1. The van der Waals surface area contributed by atoms with Crippen LogP contribution in [0.2, 0.25) is 0 Å². The van der Waals surface area contributed by atoms with E-state index in [1.165, 1.54) is 6.07 Å². The van der Waals surface area contributed by atoms with Crippen LogP contribution in [0.1, 0.15) is 37.7 Å². The number of rotatable bonds is 4. The minimum absolute atomic E-state index is 0.220. The quantitative estimate of drug-likeness (QED) is 0.740. The molecule has 1 heterocycles. The van der Waals surface area contributed by atoms with Gasteiger partial charge in [0.05, 0.1) is 5.69 Å². The molecule has 0 radical (unpaired) electrons. The summed E-state index contributed by atoms with van der Waals surface area (Å²) in [5.74, 6) is -0.0329. The fraction of sp³-hybridized carbons (Fsp3) is 0.500. The normalized spacial score (nSPS) is 11.2. The lowest BCUT2D eigenvalue weighted by Crippen LogP contribution is -2.17. The lowest BCUT2D eigenvalue weighted by atomic mass is 9.92. The van der Waals surface area contributed by atoms with Crippen molar-refractivity contribution in [1.82, 2.24) is 4.98 Å². The Morgan fingerprint density at radius 2 is 2.06 bits per heavy atom. The smallest absolute Gasteiger partial charge is 0.267 e. The van der Waals surface area contributed by atoms with E-state index < -0.39 is 5.91 Å². The average Bonchev–Trinajstić information content (AvgIpc) is 2.18. The van der Waals surface area contributed by atoms with Crippen molar-refractivity contribution in [1.29, 1.82) is 0 Å². The van der Waals surface area contributed by atoms with Gasteiger partial charge in [0.2, 0.25) is 0 Å². The van der Waals surface area contributed by atoms with E-state index in [2.05, 4.69) is 31.1 Å². The highest BCUT2D eigenvalue weighted by Crippen LogP contribution is 2.20. The first-order valence-electron chi connectivity index (χ1n) is 5.60. The lowest BCUT2D eigenvalue weighted by molar-refractivity contribution is 0.0995. The summed E-state index contributed by atoms with van der Waals surface area (Å²) >= 11 is 0. The number of nitrogens with one attached hydrogen (secondary N) is 1. The molecule has 0 aliphatic heterocycles. The molecule has 0 saturated carbocycles. The third kappa shape index (κ3) is 4.30. The van der Waals surface area contributed by atoms with Crippen LogP contribution in [-0.4, -0.2) is 17.4 Å². The second-order valence-electron chi connectivity index (χ2n) is 5.24. The van der Waals surface area contributed by atoms with Crippen LogP contribution in [0.5, 0.6) is 0 Å². The van der Waals surface area contributed by atoms with Gasteiger partial charge < -0.3 is 16.8 Å². The minimum atomic E-state index is -0.552. The molecule has 1 aromatic rings. The highest BCUT2D eigenvalue weighted by atomic mass is 16.1. The molecule has 1 rings (SSSR count). The number of nitrogens with zero attached hydrogens (tertiary/aromatic N) is 1. The number of carbonyl (C=O) groups excluding carboxylic acids is 1. The van der Waals surface area contributed by atoms with E-state index in [0.29, 0.717) is 11.5 Å². The Bertz CT molecular complexity index is 409. The highest BCUT2D eigenvalue weighted by Gasteiger charge is 2.11. The third-order valence-corrected chi connectivity index (χ3v) is 2.35. The summed E-state index contributed by atoms with van der Waals surface area (Å²) < 4.78 is 0. The van der Waals surface area contributed by atoms with Crippen LogP contribution < -0.4 is 16.8 Å². The fourth-order valence-corrected chi connectivity index (χ4v) is 1.30. The topological polar surface area (TPSA) is 94.0 Å². The Labute approximate surface area is 102 Å². The Balaban J connectivity index is 2.70. The number of aromatic nitrogens is 1. The molecule has 0 aromatic carbocycles. The predicted octanol–water partition coefficient (Wildman–Crippen LogP) is 1.61. The van der Waals surface area contributed by atoms with Crippen molar-refractivity contribution >= 4 is 17.4 Å². The first kappa shape index (κ1) is 13.3. The van der Waals surface area contributed by atoms with Gasteiger partial charge in [-0.25, -0.2) is 4.98 Å². The molecule has 5 N–H and O–H groups in total. The average molecular weight is 236 g/mol. The molecule has 0 saturated heterocycles. The van der Waals surface area contributed by atoms with E-state index in [1.807, 2.05) is 0 Å². The summed E-state index contributed by atoms with van der Waals surface area (Å²) in [6.45, 7) is 7.23. The zero-order chi connectivity index (χ0) is 13.1. The van der Waals surface area contributed by atoms with Crippen LogP contribution >= 0.6 is 0 Å². The molecule has 1 aromatic heterocycles. The van der Waals surface area contributed by atoms with Crippen molar-refractivity contribution in [3.05, 3.63) is 17.8 Å². The third-order valence-electron chi connectivity index (χ3n) is 2.35. The van der Waals surface area contributed by atoms with Gasteiger partial charge in [0, 0.05) is 6.54 Å². The maximum atomic E-state index is 11.0. The maximum Gasteiger partial charge on any atom is 0.267 e. The molecule has 94 valence electrons. The van der Waals surface area contributed by atoms with Crippen molar-refractivity contribution in [2.75, 3.05) is 17.6 Å². The van der Waals surface area contributed by atoms with Gasteiger partial charge in [-0.2, -0.15) is 0 Å². The molecule has 5 nitrogen and oxygen atoms in total. The highest BCUT2D eigenvalue weighted by molar-refractivity contribution is 5.91. The first-order valence-corrected chi connectivity index (χ1v) is 5.60. The predicted molar refractivity (Wildman–Crippen MR) is 69.7 cm³/mol. The molecule has 0 unspecified atom stereocenters. The summed E-state index contributed by atoms with van der Waals surface area (Å²) in [6.07, 6.45) is 0.981. The van der Waals surface area contributed by atoms with Gasteiger partial charge in [0.1, 0.15) is 11.5 Å². The summed E-state index contributed by atoms with van der Waals surface area (Å²) in [5, 5.41) is 3.12. The molecule has 5 heteroatoms. The van der Waals surface area contributed by atoms with E-state index in [1.54, 1.807) is 6.07 Å². The van der Waals surface area contributed by atoms with Crippen molar-refractivity contribution in [2.45, 2.75) is 27.2 Å². The molecular formula is C12H20N4O. The first-order chi connectivity index (χ1) is 7.79. The number of amides is 1. The summed E-state index contributed by atoms with van der Waals surface area (Å²) in [6, 6.07) is 3.15. The van der Waals surface area contributed by atoms with Crippen LogP contribution in [0.3, 0.4) is 0 Å². The SMILES string of the molecule is CC(C)(C)CCNc1nc(C(N)=O)ccc1N. The van der Waals surface area contributed by atoms with E-state index in [4.69, 9.17) is 11.5 Å². The van der Waals surface area contributed by atoms with Crippen LogP contribution in [0.15, 0.2) is 12.1 Å². The number of hydrogen-bond acceptors (Lipinski definition) is 4. The van der Waals surface area contributed by atoms with Crippen LogP contribution in [0.25, 0.3) is 0 Å². The number of hydrogen-bond donors (Lipinski definition) is 3. The van der Waals surface area contributed by atoms with Gasteiger partial charge in [0.15, 0.2) is 0 Å².